The maximum absolute atomic E-state index is 12.2. The van der Waals surface area contributed by atoms with Crippen molar-refractivity contribution in [2.75, 3.05) is 19.0 Å². The normalized spacial score (nSPS) is 10.8. The van der Waals surface area contributed by atoms with Crippen LogP contribution in [0.2, 0.25) is 0 Å². The fourth-order valence-electron chi connectivity index (χ4n) is 3.01. The Balaban J connectivity index is 1.47. The second-order valence-electron chi connectivity index (χ2n) is 5.92. The SMILES string of the molecule is COc1ccccc1NC(=O)COc1ccc2c(c1)[nH]c1ccccc12. The van der Waals surface area contributed by atoms with Crippen LogP contribution in [0, 0.1) is 0 Å². The molecular weight excluding hydrogens is 328 g/mol. The van der Waals surface area contributed by atoms with Gasteiger partial charge in [-0.1, -0.05) is 30.3 Å². The van der Waals surface area contributed by atoms with E-state index in [-0.39, 0.29) is 12.5 Å². The van der Waals surface area contributed by atoms with Crippen LogP contribution in [-0.2, 0) is 4.79 Å². The van der Waals surface area contributed by atoms with Crippen molar-refractivity contribution in [1.82, 2.24) is 4.98 Å². The first kappa shape index (κ1) is 16.0. The molecule has 0 saturated heterocycles. The number of anilines is 1. The van der Waals surface area contributed by atoms with Crippen molar-refractivity contribution in [2.45, 2.75) is 0 Å². The number of para-hydroxylation sites is 3. The zero-order valence-electron chi connectivity index (χ0n) is 14.3. The third-order valence-corrected chi connectivity index (χ3v) is 4.23. The fourth-order valence-corrected chi connectivity index (χ4v) is 3.01. The summed E-state index contributed by atoms with van der Waals surface area (Å²) in [5, 5.41) is 5.09. The lowest BCUT2D eigenvalue weighted by Gasteiger charge is -2.10. The summed E-state index contributed by atoms with van der Waals surface area (Å²) in [5.41, 5.74) is 2.68. The molecule has 5 nitrogen and oxygen atoms in total. The van der Waals surface area contributed by atoms with Crippen LogP contribution >= 0.6 is 0 Å². The first-order chi connectivity index (χ1) is 12.7. The Bertz CT molecular complexity index is 1080. The van der Waals surface area contributed by atoms with Gasteiger partial charge in [-0.05, 0) is 30.3 Å². The number of benzene rings is 3. The predicted molar refractivity (Wildman–Crippen MR) is 103 cm³/mol. The molecule has 4 aromatic rings. The molecule has 0 radical (unpaired) electrons. The molecule has 130 valence electrons. The van der Waals surface area contributed by atoms with Gasteiger partial charge in [0, 0.05) is 22.4 Å². The van der Waals surface area contributed by atoms with Gasteiger partial charge >= 0.3 is 0 Å². The number of hydrogen-bond acceptors (Lipinski definition) is 3. The summed E-state index contributed by atoms with van der Waals surface area (Å²) in [6.07, 6.45) is 0. The first-order valence-corrected chi connectivity index (χ1v) is 8.31. The molecule has 3 aromatic carbocycles. The van der Waals surface area contributed by atoms with Gasteiger partial charge in [0.15, 0.2) is 6.61 Å². The molecule has 26 heavy (non-hydrogen) atoms. The van der Waals surface area contributed by atoms with Crippen molar-refractivity contribution in [2.24, 2.45) is 0 Å². The van der Waals surface area contributed by atoms with Crippen LogP contribution in [0.25, 0.3) is 21.8 Å². The zero-order valence-corrected chi connectivity index (χ0v) is 14.3. The summed E-state index contributed by atoms with van der Waals surface area (Å²) < 4.78 is 10.9. The maximum Gasteiger partial charge on any atom is 0.262 e. The van der Waals surface area contributed by atoms with Crippen molar-refractivity contribution >= 4 is 33.4 Å². The van der Waals surface area contributed by atoms with Gasteiger partial charge in [-0.2, -0.15) is 0 Å². The maximum atomic E-state index is 12.2. The van der Waals surface area contributed by atoms with Crippen molar-refractivity contribution in [3.63, 3.8) is 0 Å². The fraction of sp³-hybridized carbons (Fsp3) is 0.0952. The highest BCUT2D eigenvalue weighted by Crippen LogP contribution is 2.28. The van der Waals surface area contributed by atoms with Crippen molar-refractivity contribution in [1.29, 1.82) is 0 Å². The van der Waals surface area contributed by atoms with Crippen LogP contribution in [0.5, 0.6) is 11.5 Å². The molecule has 1 aromatic heterocycles. The molecule has 0 aliphatic heterocycles. The van der Waals surface area contributed by atoms with Crippen molar-refractivity contribution < 1.29 is 14.3 Å². The predicted octanol–water partition coefficient (Wildman–Crippen LogP) is 4.35. The van der Waals surface area contributed by atoms with E-state index >= 15 is 0 Å². The molecule has 4 rings (SSSR count). The summed E-state index contributed by atoms with van der Waals surface area (Å²) in [7, 11) is 1.57. The minimum atomic E-state index is -0.244. The molecule has 0 spiro atoms. The van der Waals surface area contributed by atoms with Gasteiger partial charge in [0.25, 0.3) is 5.91 Å². The number of carbonyl (C=O) groups is 1. The Kier molecular flexibility index (Phi) is 4.19. The Labute approximate surface area is 150 Å². The molecule has 1 amide bonds. The number of methoxy groups -OCH3 is 1. The number of nitrogens with one attached hydrogen (secondary N) is 2. The highest BCUT2D eigenvalue weighted by Gasteiger charge is 2.09. The molecule has 5 heteroatoms. The number of amides is 1. The highest BCUT2D eigenvalue weighted by molar-refractivity contribution is 6.07. The number of ether oxygens (including phenoxy) is 2. The van der Waals surface area contributed by atoms with E-state index in [2.05, 4.69) is 16.4 Å². The number of fused-ring (bicyclic) bond motifs is 3. The summed E-state index contributed by atoms with van der Waals surface area (Å²) in [6, 6.07) is 21.2. The molecule has 0 atom stereocenters. The van der Waals surface area contributed by atoms with Crippen LogP contribution in [0.4, 0.5) is 5.69 Å². The van der Waals surface area contributed by atoms with E-state index in [0.29, 0.717) is 17.2 Å². The lowest BCUT2D eigenvalue weighted by molar-refractivity contribution is -0.118. The standard InChI is InChI=1S/C21H18N2O3/c1-25-20-9-5-4-8-18(20)23-21(24)13-26-14-10-11-16-15-6-2-3-7-17(15)22-19(16)12-14/h2-12,22H,13H2,1H3,(H,23,24). The smallest absolute Gasteiger partial charge is 0.262 e. The van der Waals surface area contributed by atoms with E-state index in [1.807, 2.05) is 48.5 Å². The summed E-state index contributed by atoms with van der Waals surface area (Å²) in [4.78, 5) is 15.5. The molecule has 0 aliphatic rings. The van der Waals surface area contributed by atoms with E-state index in [1.165, 1.54) is 5.39 Å². The number of aromatic amines is 1. The topological polar surface area (TPSA) is 63.4 Å². The molecule has 0 fully saturated rings. The van der Waals surface area contributed by atoms with Gasteiger partial charge in [0.1, 0.15) is 11.5 Å². The van der Waals surface area contributed by atoms with E-state index in [9.17, 15) is 4.79 Å². The second-order valence-corrected chi connectivity index (χ2v) is 5.92. The summed E-state index contributed by atoms with van der Waals surface area (Å²) in [5.74, 6) is 1.01. The largest absolute Gasteiger partial charge is 0.495 e. The minimum Gasteiger partial charge on any atom is -0.495 e. The average Bonchev–Trinajstić information content (AvgIpc) is 3.04. The van der Waals surface area contributed by atoms with E-state index in [1.54, 1.807) is 19.2 Å². The van der Waals surface area contributed by atoms with Crippen LogP contribution in [-0.4, -0.2) is 24.6 Å². The van der Waals surface area contributed by atoms with E-state index in [4.69, 9.17) is 9.47 Å². The van der Waals surface area contributed by atoms with Crippen molar-refractivity contribution in [3.8, 4) is 11.5 Å². The van der Waals surface area contributed by atoms with Gasteiger partial charge in [-0.3, -0.25) is 4.79 Å². The van der Waals surface area contributed by atoms with Gasteiger partial charge in [-0.15, -0.1) is 0 Å². The molecule has 2 N–H and O–H groups in total. The first-order valence-electron chi connectivity index (χ1n) is 8.31. The number of aromatic nitrogens is 1. The number of rotatable bonds is 5. The third kappa shape index (κ3) is 3.07. The molecule has 0 bridgehead atoms. The van der Waals surface area contributed by atoms with Crippen molar-refractivity contribution in [3.05, 3.63) is 66.7 Å². The number of H-pyrrole nitrogens is 1. The van der Waals surface area contributed by atoms with Crippen LogP contribution in [0.15, 0.2) is 66.7 Å². The van der Waals surface area contributed by atoms with E-state index in [0.717, 1.165) is 16.4 Å². The lowest BCUT2D eigenvalue weighted by Crippen LogP contribution is -2.20. The molecule has 0 unspecified atom stereocenters. The van der Waals surface area contributed by atoms with Gasteiger partial charge < -0.3 is 19.8 Å². The number of carbonyl (C=O) groups excluding carboxylic acids is 1. The molecule has 1 heterocycles. The average molecular weight is 346 g/mol. The summed E-state index contributed by atoms with van der Waals surface area (Å²) in [6.45, 7) is -0.0796. The second kappa shape index (κ2) is 6.80. The van der Waals surface area contributed by atoms with Gasteiger partial charge in [0.05, 0.1) is 18.3 Å². The van der Waals surface area contributed by atoms with Crippen LogP contribution in [0.1, 0.15) is 0 Å². The minimum absolute atomic E-state index is 0.0796. The monoisotopic (exact) mass is 346 g/mol. The third-order valence-electron chi connectivity index (χ3n) is 4.23. The Morgan fingerprint density at radius 2 is 1.73 bits per heavy atom. The van der Waals surface area contributed by atoms with Gasteiger partial charge in [0.2, 0.25) is 0 Å². The Hall–Kier alpha value is -3.47. The molecule has 0 aliphatic carbocycles. The lowest BCUT2D eigenvalue weighted by atomic mass is 10.1. The Morgan fingerprint density at radius 1 is 0.962 bits per heavy atom. The zero-order chi connectivity index (χ0) is 17.9. The molecular formula is C21H18N2O3. The van der Waals surface area contributed by atoms with E-state index < -0.39 is 0 Å². The van der Waals surface area contributed by atoms with Crippen LogP contribution < -0.4 is 14.8 Å². The highest BCUT2D eigenvalue weighted by atomic mass is 16.5. The van der Waals surface area contributed by atoms with Gasteiger partial charge in [-0.25, -0.2) is 0 Å². The number of hydrogen-bond donors (Lipinski definition) is 2. The Morgan fingerprint density at radius 3 is 2.62 bits per heavy atom. The summed E-state index contributed by atoms with van der Waals surface area (Å²) >= 11 is 0. The molecule has 0 saturated carbocycles. The quantitative estimate of drug-likeness (QED) is 0.565. The van der Waals surface area contributed by atoms with Crippen LogP contribution in [0.3, 0.4) is 0 Å².